The molecule has 0 spiro atoms. The average Bonchev–Trinajstić information content (AvgIpc) is 2.94. The Balaban J connectivity index is 1.68. The van der Waals surface area contributed by atoms with Crippen molar-refractivity contribution in [2.45, 2.75) is 39.5 Å². The summed E-state index contributed by atoms with van der Waals surface area (Å²) in [7, 11) is 4.12. The molecule has 0 fully saturated rings. The second-order valence-electron chi connectivity index (χ2n) is 9.52. The normalized spacial score (nSPS) is 10.8. The summed E-state index contributed by atoms with van der Waals surface area (Å²) in [4.78, 5) is 7.18. The van der Waals surface area contributed by atoms with Crippen LogP contribution in [0.2, 0.25) is 0 Å². The smallest absolute Gasteiger partial charge is 0.119 e. The molecular formula is C33H38N2O2. The topological polar surface area (TPSA) is 34.6 Å². The third-order valence-electron chi connectivity index (χ3n) is 6.38. The predicted molar refractivity (Wildman–Crippen MR) is 156 cm³/mol. The van der Waals surface area contributed by atoms with Crippen LogP contribution in [-0.2, 0) is 0 Å². The summed E-state index contributed by atoms with van der Waals surface area (Å²) in [6.07, 6.45) is 4.37. The van der Waals surface area contributed by atoms with E-state index < -0.39 is 0 Å². The number of unbranched alkanes of at least 4 members (excludes halogenated alkanes) is 2. The molecule has 0 saturated heterocycles. The van der Waals surface area contributed by atoms with Gasteiger partial charge in [-0.1, -0.05) is 38.8 Å². The summed E-state index contributed by atoms with van der Waals surface area (Å²) in [5.74, 6) is 1.79. The third kappa shape index (κ3) is 7.13. The standard InChI is InChI=1S/C33H38N2O2/c1-5-7-21-36-30-17-11-26(12-18-30)32-23-28(25-9-15-29(16-10-25)35(3)4)24-33(34-32)27-13-19-31(20-14-27)37-22-8-6-2/h9-20,23-24H,5-8,21-22H2,1-4H3. The Morgan fingerprint density at radius 1 is 0.568 bits per heavy atom. The molecule has 0 aliphatic rings. The quantitative estimate of drug-likeness (QED) is 0.185. The number of hydrogen-bond donors (Lipinski definition) is 0. The van der Waals surface area contributed by atoms with Crippen LogP contribution in [0.3, 0.4) is 0 Å². The largest absolute Gasteiger partial charge is 0.494 e. The van der Waals surface area contributed by atoms with Crippen LogP contribution in [0, 0.1) is 0 Å². The van der Waals surface area contributed by atoms with Crippen LogP contribution in [0.5, 0.6) is 11.5 Å². The maximum atomic E-state index is 5.86. The highest BCUT2D eigenvalue weighted by Gasteiger charge is 2.10. The molecule has 0 N–H and O–H groups in total. The van der Waals surface area contributed by atoms with Crippen molar-refractivity contribution >= 4 is 5.69 Å². The zero-order chi connectivity index (χ0) is 26.0. The van der Waals surface area contributed by atoms with Crippen molar-refractivity contribution in [2.24, 2.45) is 0 Å². The van der Waals surface area contributed by atoms with Gasteiger partial charge in [0.05, 0.1) is 24.6 Å². The molecule has 1 heterocycles. The van der Waals surface area contributed by atoms with E-state index in [-0.39, 0.29) is 0 Å². The van der Waals surface area contributed by atoms with Crippen molar-refractivity contribution in [1.29, 1.82) is 0 Å². The molecule has 4 heteroatoms. The van der Waals surface area contributed by atoms with Gasteiger partial charge in [-0.25, -0.2) is 4.98 Å². The van der Waals surface area contributed by atoms with Gasteiger partial charge in [0.2, 0.25) is 0 Å². The van der Waals surface area contributed by atoms with Gasteiger partial charge in [0.1, 0.15) is 11.5 Å². The minimum atomic E-state index is 0.745. The molecule has 4 aromatic rings. The Labute approximate surface area is 221 Å². The Hall–Kier alpha value is -3.79. The van der Waals surface area contributed by atoms with Gasteiger partial charge < -0.3 is 14.4 Å². The van der Waals surface area contributed by atoms with E-state index in [0.29, 0.717) is 0 Å². The molecule has 0 bridgehead atoms. The van der Waals surface area contributed by atoms with Gasteiger partial charge in [-0.05, 0) is 96.8 Å². The first-order chi connectivity index (χ1) is 18.1. The highest BCUT2D eigenvalue weighted by Crippen LogP contribution is 2.32. The summed E-state index contributed by atoms with van der Waals surface area (Å²) in [6, 6.07) is 29.5. The second kappa shape index (κ2) is 13.0. The van der Waals surface area contributed by atoms with Gasteiger partial charge in [-0.15, -0.1) is 0 Å². The molecule has 4 rings (SSSR count). The summed E-state index contributed by atoms with van der Waals surface area (Å²) >= 11 is 0. The van der Waals surface area contributed by atoms with Gasteiger partial charge in [0.15, 0.2) is 0 Å². The summed E-state index contributed by atoms with van der Waals surface area (Å²) in [5.41, 5.74) is 7.48. The van der Waals surface area contributed by atoms with Crippen LogP contribution >= 0.6 is 0 Å². The van der Waals surface area contributed by atoms with Gasteiger partial charge in [0, 0.05) is 30.9 Å². The maximum Gasteiger partial charge on any atom is 0.119 e. The molecule has 0 saturated carbocycles. The van der Waals surface area contributed by atoms with E-state index >= 15 is 0 Å². The number of rotatable bonds is 12. The zero-order valence-electron chi connectivity index (χ0n) is 22.5. The molecule has 3 aromatic carbocycles. The molecule has 0 amide bonds. The second-order valence-corrected chi connectivity index (χ2v) is 9.52. The Kier molecular flexibility index (Phi) is 9.20. The monoisotopic (exact) mass is 494 g/mol. The summed E-state index contributed by atoms with van der Waals surface area (Å²) < 4.78 is 11.7. The van der Waals surface area contributed by atoms with Crippen molar-refractivity contribution in [2.75, 3.05) is 32.2 Å². The van der Waals surface area contributed by atoms with Crippen LogP contribution < -0.4 is 14.4 Å². The van der Waals surface area contributed by atoms with E-state index in [4.69, 9.17) is 14.5 Å². The molecule has 0 radical (unpaired) electrons. The van der Waals surface area contributed by atoms with E-state index in [0.717, 1.165) is 84.0 Å². The fourth-order valence-electron chi connectivity index (χ4n) is 4.06. The Morgan fingerprint density at radius 2 is 1.00 bits per heavy atom. The van der Waals surface area contributed by atoms with E-state index in [9.17, 15) is 0 Å². The lowest BCUT2D eigenvalue weighted by molar-refractivity contribution is 0.309. The molecule has 0 atom stereocenters. The Bertz CT molecular complexity index is 1180. The maximum absolute atomic E-state index is 5.86. The lowest BCUT2D eigenvalue weighted by Crippen LogP contribution is -2.07. The number of ether oxygens (including phenoxy) is 2. The minimum Gasteiger partial charge on any atom is -0.494 e. The summed E-state index contributed by atoms with van der Waals surface area (Å²) in [5, 5.41) is 0. The van der Waals surface area contributed by atoms with Crippen molar-refractivity contribution in [3.8, 4) is 45.1 Å². The number of aromatic nitrogens is 1. The lowest BCUT2D eigenvalue weighted by atomic mass is 9.99. The van der Waals surface area contributed by atoms with Crippen molar-refractivity contribution in [1.82, 2.24) is 4.98 Å². The molecule has 0 unspecified atom stereocenters. The fraction of sp³-hybridized carbons (Fsp3) is 0.303. The number of nitrogens with zero attached hydrogens (tertiary/aromatic N) is 2. The summed E-state index contributed by atoms with van der Waals surface area (Å²) in [6.45, 7) is 5.83. The first kappa shape index (κ1) is 26.3. The highest BCUT2D eigenvalue weighted by atomic mass is 16.5. The van der Waals surface area contributed by atoms with Gasteiger partial charge in [-0.3, -0.25) is 0 Å². The number of benzene rings is 3. The average molecular weight is 495 g/mol. The van der Waals surface area contributed by atoms with Crippen LogP contribution in [0.4, 0.5) is 5.69 Å². The molecule has 0 aliphatic carbocycles. The lowest BCUT2D eigenvalue weighted by Gasteiger charge is -2.14. The molecule has 37 heavy (non-hydrogen) atoms. The van der Waals surface area contributed by atoms with E-state index in [1.54, 1.807) is 0 Å². The predicted octanol–water partition coefficient (Wildman–Crippen LogP) is 8.51. The third-order valence-corrected chi connectivity index (χ3v) is 6.38. The first-order valence-corrected chi connectivity index (χ1v) is 13.3. The molecule has 192 valence electrons. The molecule has 1 aromatic heterocycles. The van der Waals surface area contributed by atoms with Crippen molar-refractivity contribution in [3.05, 3.63) is 84.9 Å². The van der Waals surface area contributed by atoms with Crippen molar-refractivity contribution < 1.29 is 9.47 Å². The number of hydrogen-bond acceptors (Lipinski definition) is 4. The SMILES string of the molecule is CCCCOc1ccc(-c2cc(-c3ccc(N(C)C)cc3)cc(-c3ccc(OCCCC)cc3)n2)cc1. The van der Waals surface area contributed by atoms with Crippen molar-refractivity contribution in [3.63, 3.8) is 0 Å². The molecule has 4 nitrogen and oxygen atoms in total. The number of pyridine rings is 1. The highest BCUT2D eigenvalue weighted by molar-refractivity contribution is 5.77. The molecule has 0 aliphatic heterocycles. The van der Waals surface area contributed by atoms with Gasteiger partial charge in [0.25, 0.3) is 0 Å². The first-order valence-electron chi connectivity index (χ1n) is 13.3. The van der Waals surface area contributed by atoms with E-state index in [1.165, 1.54) is 5.69 Å². The fourth-order valence-corrected chi connectivity index (χ4v) is 4.06. The van der Waals surface area contributed by atoms with Crippen LogP contribution in [0.1, 0.15) is 39.5 Å². The van der Waals surface area contributed by atoms with Crippen LogP contribution in [0.15, 0.2) is 84.9 Å². The number of anilines is 1. The van der Waals surface area contributed by atoms with E-state index in [2.05, 4.69) is 93.5 Å². The van der Waals surface area contributed by atoms with Crippen LogP contribution in [0.25, 0.3) is 33.6 Å². The Morgan fingerprint density at radius 3 is 1.41 bits per heavy atom. The minimum absolute atomic E-state index is 0.745. The molecular weight excluding hydrogens is 456 g/mol. The van der Waals surface area contributed by atoms with Gasteiger partial charge >= 0.3 is 0 Å². The van der Waals surface area contributed by atoms with Crippen LogP contribution in [-0.4, -0.2) is 32.3 Å². The zero-order valence-corrected chi connectivity index (χ0v) is 22.5. The van der Waals surface area contributed by atoms with Gasteiger partial charge in [-0.2, -0.15) is 0 Å². The van der Waals surface area contributed by atoms with E-state index in [1.807, 2.05) is 24.3 Å².